The molecule has 0 radical (unpaired) electrons. The fourth-order valence-electron chi connectivity index (χ4n) is 3.94. The molecule has 0 aliphatic carbocycles. The molecule has 0 spiro atoms. The van der Waals surface area contributed by atoms with E-state index in [2.05, 4.69) is 123 Å². The van der Waals surface area contributed by atoms with Crippen molar-refractivity contribution in [1.29, 1.82) is 0 Å². The Morgan fingerprint density at radius 3 is 1.63 bits per heavy atom. The Morgan fingerprint density at radius 1 is 0.519 bits per heavy atom. The Kier molecular flexibility index (Phi) is 4.78. The Morgan fingerprint density at radius 2 is 1.04 bits per heavy atom. The van der Waals surface area contributed by atoms with Crippen LogP contribution < -0.4 is 15.6 Å². The van der Waals surface area contributed by atoms with Gasteiger partial charge in [0.15, 0.2) is 0 Å². The molecule has 1 heteroatoms. The molecule has 0 nitrogen and oxygen atoms in total. The smallest absolute Gasteiger partial charge is 0.0624 e. The van der Waals surface area contributed by atoms with E-state index in [9.17, 15) is 0 Å². The van der Waals surface area contributed by atoms with Crippen molar-refractivity contribution in [2.75, 3.05) is 0 Å². The fourth-order valence-corrected chi connectivity index (χ4v) is 7.53. The molecule has 0 aliphatic heterocycles. The average Bonchev–Trinajstić information content (AvgIpc) is 2.75. The molecular weight excluding hydrogens is 340 g/mol. The van der Waals surface area contributed by atoms with Crippen molar-refractivity contribution in [1.82, 2.24) is 0 Å². The van der Waals surface area contributed by atoms with E-state index in [1.165, 1.54) is 32.3 Å². The molecule has 0 fully saturated rings. The summed E-state index contributed by atoms with van der Waals surface area (Å²) in [5, 5.41) is 4.33. The van der Waals surface area contributed by atoms with E-state index < -0.39 is 8.07 Å². The number of benzene rings is 4. The van der Waals surface area contributed by atoms with Crippen LogP contribution in [0.25, 0.3) is 11.1 Å². The molecule has 0 atom stereocenters. The van der Waals surface area contributed by atoms with Gasteiger partial charge in [-0.3, -0.25) is 0 Å². The van der Waals surface area contributed by atoms with Gasteiger partial charge in [0.05, 0.1) is 0 Å². The SMILES string of the molecule is Cc1ccccc1-c1cccc([Si](C)(c2ccccc2)c2ccccc2)c1. The first-order valence-corrected chi connectivity index (χ1v) is 12.0. The Hall–Kier alpha value is -2.90. The topological polar surface area (TPSA) is 0 Å². The summed E-state index contributed by atoms with van der Waals surface area (Å²) in [7, 11) is -2.06. The van der Waals surface area contributed by atoms with Gasteiger partial charge >= 0.3 is 0 Å². The summed E-state index contributed by atoms with van der Waals surface area (Å²) in [4.78, 5) is 0. The summed E-state index contributed by atoms with van der Waals surface area (Å²) in [5.41, 5.74) is 3.94. The van der Waals surface area contributed by atoms with Crippen LogP contribution in [0.15, 0.2) is 109 Å². The number of hydrogen-bond acceptors (Lipinski definition) is 0. The van der Waals surface area contributed by atoms with Crippen molar-refractivity contribution in [2.45, 2.75) is 13.5 Å². The van der Waals surface area contributed by atoms with Crippen LogP contribution >= 0.6 is 0 Å². The Bertz CT molecular complexity index is 996. The molecule has 0 aromatic heterocycles. The van der Waals surface area contributed by atoms with Gasteiger partial charge in [-0.1, -0.05) is 116 Å². The summed E-state index contributed by atoms with van der Waals surface area (Å²) in [6.07, 6.45) is 0. The number of hydrogen-bond donors (Lipinski definition) is 0. The van der Waals surface area contributed by atoms with Gasteiger partial charge in [-0.15, -0.1) is 0 Å². The lowest BCUT2D eigenvalue weighted by molar-refractivity contribution is 1.46. The van der Waals surface area contributed by atoms with Gasteiger partial charge in [0.25, 0.3) is 0 Å². The van der Waals surface area contributed by atoms with Gasteiger partial charge in [-0.2, -0.15) is 0 Å². The Balaban J connectivity index is 1.92. The van der Waals surface area contributed by atoms with Crippen molar-refractivity contribution in [2.24, 2.45) is 0 Å². The number of aryl methyl sites for hydroxylation is 1. The van der Waals surface area contributed by atoms with Crippen LogP contribution in [0.4, 0.5) is 0 Å². The monoisotopic (exact) mass is 364 g/mol. The van der Waals surface area contributed by atoms with E-state index in [4.69, 9.17) is 0 Å². The first-order chi connectivity index (χ1) is 13.2. The van der Waals surface area contributed by atoms with Crippen LogP contribution in [0.1, 0.15) is 5.56 Å². The largest absolute Gasteiger partial charge is 0.145 e. The maximum Gasteiger partial charge on any atom is 0.145 e. The summed E-state index contributed by atoms with van der Waals surface area (Å²) in [5.74, 6) is 0. The molecule has 0 heterocycles. The van der Waals surface area contributed by atoms with Gasteiger partial charge < -0.3 is 0 Å². The van der Waals surface area contributed by atoms with Crippen molar-refractivity contribution < 1.29 is 0 Å². The van der Waals surface area contributed by atoms with Crippen molar-refractivity contribution >= 4 is 23.6 Å². The third-order valence-corrected chi connectivity index (χ3v) is 10.0. The maximum atomic E-state index is 2.47. The number of rotatable bonds is 4. The van der Waals surface area contributed by atoms with E-state index in [1.807, 2.05) is 0 Å². The third kappa shape index (κ3) is 3.27. The highest BCUT2D eigenvalue weighted by molar-refractivity contribution is 7.10. The Labute approximate surface area is 163 Å². The second-order valence-corrected chi connectivity index (χ2v) is 11.2. The molecule has 4 aromatic carbocycles. The highest BCUT2D eigenvalue weighted by Gasteiger charge is 2.34. The lowest BCUT2D eigenvalue weighted by atomic mass is 10.0. The molecule has 0 N–H and O–H groups in total. The molecule has 0 unspecified atom stereocenters. The summed E-state index contributed by atoms with van der Waals surface area (Å²) in [6, 6.07) is 39.8. The highest BCUT2D eigenvalue weighted by Crippen LogP contribution is 2.23. The summed E-state index contributed by atoms with van der Waals surface area (Å²) in [6.45, 7) is 4.65. The standard InChI is InChI=1S/C26H24Si/c1-21-12-9-10-19-26(21)22-13-11-18-25(20-22)27(2,23-14-5-3-6-15-23)24-16-7-4-8-17-24/h3-20H,1-2H3. The zero-order valence-corrected chi connectivity index (χ0v) is 16.9. The zero-order chi connectivity index (χ0) is 18.7. The van der Waals surface area contributed by atoms with Crippen LogP contribution in [0.2, 0.25) is 6.55 Å². The molecule has 27 heavy (non-hydrogen) atoms. The molecule has 132 valence electrons. The molecular formula is C26H24Si. The minimum Gasteiger partial charge on any atom is -0.0624 e. The molecule has 0 saturated heterocycles. The van der Waals surface area contributed by atoms with Crippen LogP contribution in [-0.2, 0) is 0 Å². The van der Waals surface area contributed by atoms with Gasteiger partial charge in [0.1, 0.15) is 8.07 Å². The van der Waals surface area contributed by atoms with Crippen molar-refractivity contribution in [3.8, 4) is 11.1 Å². The van der Waals surface area contributed by atoms with Crippen molar-refractivity contribution in [3.63, 3.8) is 0 Å². The maximum absolute atomic E-state index is 2.47. The van der Waals surface area contributed by atoms with Gasteiger partial charge in [-0.05, 0) is 39.2 Å². The van der Waals surface area contributed by atoms with Crippen molar-refractivity contribution in [3.05, 3.63) is 115 Å². The van der Waals surface area contributed by atoms with Crippen LogP contribution in [0, 0.1) is 6.92 Å². The normalized spacial score (nSPS) is 11.3. The van der Waals surface area contributed by atoms with E-state index in [0.717, 1.165) is 0 Å². The van der Waals surface area contributed by atoms with Crippen LogP contribution in [0.3, 0.4) is 0 Å². The molecule has 0 saturated carbocycles. The van der Waals surface area contributed by atoms with E-state index in [0.29, 0.717) is 0 Å². The first kappa shape index (κ1) is 17.5. The predicted molar refractivity (Wildman–Crippen MR) is 120 cm³/mol. The molecule has 0 aliphatic rings. The van der Waals surface area contributed by atoms with Gasteiger partial charge in [-0.25, -0.2) is 0 Å². The van der Waals surface area contributed by atoms with E-state index in [1.54, 1.807) is 0 Å². The highest BCUT2D eigenvalue weighted by atomic mass is 28.3. The van der Waals surface area contributed by atoms with Crippen LogP contribution in [0.5, 0.6) is 0 Å². The fraction of sp³-hybridized carbons (Fsp3) is 0.0769. The third-order valence-electron chi connectivity index (χ3n) is 5.60. The van der Waals surface area contributed by atoms with Gasteiger partial charge in [0.2, 0.25) is 0 Å². The second-order valence-electron chi connectivity index (χ2n) is 7.25. The van der Waals surface area contributed by atoms with Crippen LogP contribution in [-0.4, -0.2) is 8.07 Å². The molecule has 0 bridgehead atoms. The summed E-state index contributed by atoms with van der Waals surface area (Å²) >= 11 is 0. The molecule has 4 aromatic rings. The molecule has 4 rings (SSSR count). The van der Waals surface area contributed by atoms with E-state index in [-0.39, 0.29) is 0 Å². The lowest BCUT2D eigenvalue weighted by Crippen LogP contribution is -2.64. The first-order valence-electron chi connectivity index (χ1n) is 9.47. The molecule has 0 amide bonds. The average molecular weight is 365 g/mol. The quantitative estimate of drug-likeness (QED) is 0.362. The van der Waals surface area contributed by atoms with E-state index >= 15 is 0 Å². The predicted octanol–water partition coefficient (Wildman–Crippen LogP) is 4.76. The second kappa shape index (κ2) is 7.38. The zero-order valence-electron chi connectivity index (χ0n) is 15.9. The van der Waals surface area contributed by atoms with Gasteiger partial charge in [0, 0.05) is 0 Å². The minimum atomic E-state index is -2.06. The summed E-state index contributed by atoms with van der Waals surface area (Å²) < 4.78 is 0. The lowest BCUT2D eigenvalue weighted by Gasteiger charge is -2.30. The minimum absolute atomic E-state index is 1.30.